The van der Waals surface area contributed by atoms with Crippen LogP contribution in [0.15, 0.2) is 35.8 Å². The first-order valence-corrected chi connectivity index (χ1v) is 6.63. The lowest BCUT2D eigenvalue weighted by atomic mass is 10.1. The van der Waals surface area contributed by atoms with E-state index in [-0.39, 0.29) is 6.04 Å². The first kappa shape index (κ1) is 14.0. The number of nitrogens with zero attached hydrogens (tertiary/aromatic N) is 1. The summed E-state index contributed by atoms with van der Waals surface area (Å²) in [5.41, 5.74) is 0.202. The molecule has 2 nitrogen and oxygen atoms in total. The van der Waals surface area contributed by atoms with E-state index in [0.717, 1.165) is 22.7 Å². The molecule has 2 aromatic rings. The maximum absolute atomic E-state index is 12.4. The van der Waals surface area contributed by atoms with Crippen molar-refractivity contribution in [1.29, 1.82) is 0 Å². The zero-order chi connectivity index (χ0) is 13.9. The van der Waals surface area contributed by atoms with Crippen molar-refractivity contribution in [1.82, 2.24) is 10.3 Å². The summed E-state index contributed by atoms with van der Waals surface area (Å²) in [5, 5.41) is 6.07. The van der Waals surface area contributed by atoms with E-state index in [1.807, 2.05) is 12.3 Å². The van der Waals surface area contributed by atoms with Crippen molar-refractivity contribution in [3.05, 3.63) is 52.0 Å². The van der Waals surface area contributed by atoms with Crippen molar-refractivity contribution in [2.75, 3.05) is 0 Å². The molecule has 1 unspecified atom stereocenters. The quantitative estimate of drug-likeness (QED) is 0.918. The topological polar surface area (TPSA) is 24.9 Å². The van der Waals surface area contributed by atoms with E-state index >= 15 is 0 Å². The van der Waals surface area contributed by atoms with Gasteiger partial charge in [-0.1, -0.05) is 12.1 Å². The van der Waals surface area contributed by atoms with Crippen molar-refractivity contribution in [2.45, 2.75) is 25.7 Å². The summed E-state index contributed by atoms with van der Waals surface area (Å²) < 4.78 is 37.3. The lowest BCUT2D eigenvalue weighted by Gasteiger charge is -2.14. The predicted octanol–water partition coefficient (Wildman–Crippen LogP) is 4.01. The van der Waals surface area contributed by atoms with Gasteiger partial charge in [-0.2, -0.15) is 13.2 Å². The maximum atomic E-state index is 12.4. The molecule has 1 heterocycles. The van der Waals surface area contributed by atoms with E-state index in [9.17, 15) is 13.2 Å². The van der Waals surface area contributed by atoms with Gasteiger partial charge in [-0.05, 0) is 24.6 Å². The van der Waals surface area contributed by atoms with Crippen LogP contribution in [0.4, 0.5) is 13.2 Å². The van der Waals surface area contributed by atoms with Crippen LogP contribution >= 0.6 is 11.3 Å². The molecule has 1 aromatic heterocycles. The van der Waals surface area contributed by atoms with Gasteiger partial charge in [-0.25, -0.2) is 4.98 Å². The van der Waals surface area contributed by atoms with Gasteiger partial charge in [0.25, 0.3) is 0 Å². The van der Waals surface area contributed by atoms with Crippen LogP contribution in [0, 0.1) is 0 Å². The minimum Gasteiger partial charge on any atom is -0.304 e. The Hall–Kier alpha value is -1.40. The summed E-state index contributed by atoms with van der Waals surface area (Å²) in [6, 6.07) is 5.20. The molecule has 1 aromatic carbocycles. The fourth-order valence-electron chi connectivity index (χ4n) is 1.66. The van der Waals surface area contributed by atoms with Crippen LogP contribution in [0.1, 0.15) is 29.1 Å². The molecule has 0 bridgehead atoms. The Kier molecular flexibility index (Phi) is 4.21. The van der Waals surface area contributed by atoms with E-state index in [4.69, 9.17) is 0 Å². The van der Waals surface area contributed by atoms with Gasteiger partial charge in [0, 0.05) is 24.2 Å². The minimum absolute atomic E-state index is 0.0221. The van der Waals surface area contributed by atoms with Crippen LogP contribution in [0.25, 0.3) is 0 Å². The summed E-state index contributed by atoms with van der Waals surface area (Å²) in [6.45, 7) is 2.52. The number of thiazole rings is 1. The monoisotopic (exact) mass is 286 g/mol. The van der Waals surface area contributed by atoms with Gasteiger partial charge in [0.15, 0.2) is 0 Å². The van der Waals surface area contributed by atoms with Crippen LogP contribution in [-0.2, 0) is 12.7 Å². The molecule has 0 aliphatic heterocycles. The van der Waals surface area contributed by atoms with Crippen LogP contribution in [0.5, 0.6) is 0 Å². The van der Waals surface area contributed by atoms with E-state index in [0.29, 0.717) is 6.54 Å². The molecule has 0 radical (unpaired) electrons. The largest absolute Gasteiger partial charge is 0.416 e. The highest BCUT2D eigenvalue weighted by atomic mass is 32.1. The molecule has 0 saturated carbocycles. The Morgan fingerprint density at radius 2 is 1.95 bits per heavy atom. The van der Waals surface area contributed by atoms with Gasteiger partial charge in [-0.3, -0.25) is 0 Å². The standard InChI is InChI=1S/C13H13F3N2S/c1-9(18-8-12-17-6-7-19-12)10-2-4-11(5-3-10)13(14,15)16/h2-7,9,18H,8H2,1H3. The third kappa shape index (κ3) is 3.78. The zero-order valence-electron chi connectivity index (χ0n) is 10.2. The van der Waals surface area contributed by atoms with Crippen LogP contribution in [-0.4, -0.2) is 4.98 Å². The highest BCUT2D eigenvalue weighted by molar-refractivity contribution is 7.09. The molecule has 102 valence electrons. The number of nitrogens with one attached hydrogen (secondary N) is 1. The van der Waals surface area contributed by atoms with Gasteiger partial charge in [0.05, 0.1) is 5.56 Å². The molecular weight excluding hydrogens is 273 g/mol. The van der Waals surface area contributed by atoms with Gasteiger partial charge in [0.1, 0.15) is 5.01 Å². The van der Waals surface area contributed by atoms with E-state index in [1.54, 1.807) is 17.5 Å². The summed E-state index contributed by atoms with van der Waals surface area (Å²) in [7, 11) is 0. The lowest BCUT2D eigenvalue weighted by Crippen LogP contribution is -2.18. The van der Waals surface area contributed by atoms with E-state index in [2.05, 4.69) is 10.3 Å². The number of hydrogen-bond acceptors (Lipinski definition) is 3. The molecule has 0 saturated heterocycles. The Morgan fingerprint density at radius 1 is 1.26 bits per heavy atom. The fraction of sp³-hybridized carbons (Fsp3) is 0.308. The molecule has 0 amide bonds. The van der Waals surface area contributed by atoms with Crippen molar-refractivity contribution < 1.29 is 13.2 Å². The number of benzene rings is 1. The summed E-state index contributed by atoms with van der Waals surface area (Å²) in [5.74, 6) is 0. The van der Waals surface area contributed by atoms with Crippen molar-refractivity contribution in [3.63, 3.8) is 0 Å². The Morgan fingerprint density at radius 3 is 2.47 bits per heavy atom. The smallest absolute Gasteiger partial charge is 0.304 e. The van der Waals surface area contributed by atoms with Crippen molar-refractivity contribution >= 4 is 11.3 Å². The molecule has 0 aliphatic rings. The molecule has 2 rings (SSSR count). The minimum atomic E-state index is -4.28. The predicted molar refractivity (Wildman–Crippen MR) is 68.8 cm³/mol. The average molecular weight is 286 g/mol. The van der Waals surface area contributed by atoms with Gasteiger partial charge >= 0.3 is 6.18 Å². The van der Waals surface area contributed by atoms with Gasteiger partial charge in [0.2, 0.25) is 0 Å². The van der Waals surface area contributed by atoms with Crippen molar-refractivity contribution in [3.8, 4) is 0 Å². The molecule has 0 fully saturated rings. The van der Waals surface area contributed by atoms with Crippen LogP contribution in [0.3, 0.4) is 0 Å². The zero-order valence-corrected chi connectivity index (χ0v) is 11.1. The van der Waals surface area contributed by atoms with E-state index < -0.39 is 11.7 Å². The second-order valence-electron chi connectivity index (χ2n) is 4.15. The van der Waals surface area contributed by atoms with E-state index in [1.165, 1.54) is 12.1 Å². The third-order valence-electron chi connectivity index (χ3n) is 2.78. The second kappa shape index (κ2) is 5.71. The first-order valence-electron chi connectivity index (χ1n) is 5.76. The average Bonchev–Trinajstić information content (AvgIpc) is 2.88. The highest BCUT2D eigenvalue weighted by Crippen LogP contribution is 2.29. The summed E-state index contributed by atoms with van der Waals surface area (Å²) in [6.07, 6.45) is -2.56. The number of halogens is 3. The molecular formula is C13H13F3N2S. The summed E-state index contributed by atoms with van der Waals surface area (Å²) >= 11 is 1.54. The second-order valence-corrected chi connectivity index (χ2v) is 5.13. The third-order valence-corrected chi connectivity index (χ3v) is 3.56. The number of alkyl halides is 3. The molecule has 19 heavy (non-hydrogen) atoms. The number of rotatable bonds is 4. The Bertz CT molecular complexity index is 506. The molecule has 0 spiro atoms. The summed E-state index contributed by atoms with van der Waals surface area (Å²) in [4.78, 5) is 4.14. The molecule has 6 heteroatoms. The molecule has 0 aliphatic carbocycles. The van der Waals surface area contributed by atoms with Crippen LogP contribution < -0.4 is 5.32 Å². The Balaban J connectivity index is 1.97. The molecule has 1 atom stereocenters. The highest BCUT2D eigenvalue weighted by Gasteiger charge is 2.30. The van der Waals surface area contributed by atoms with Crippen molar-refractivity contribution in [2.24, 2.45) is 0 Å². The first-order chi connectivity index (χ1) is 8.97. The maximum Gasteiger partial charge on any atom is 0.416 e. The fourth-order valence-corrected chi connectivity index (χ4v) is 2.23. The normalized spacial score (nSPS) is 13.5. The lowest BCUT2D eigenvalue weighted by molar-refractivity contribution is -0.137. The van der Waals surface area contributed by atoms with Gasteiger partial charge in [-0.15, -0.1) is 11.3 Å². The van der Waals surface area contributed by atoms with Crippen LogP contribution in [0.2, 0.25) is 0 Å². The molecule has 1 N–H and O–H groups in total. The SMILES string of the molecule is CC(NCc1nccs1)c1ccc(C(F)(F)F)cc1. The Labute approximate surface area is 113 Å². The number of hydrogen-bond donors (Lipinski definition) is 1. The number of aromatic nitrogens is 1. The van der Waals surface area contributed by atoms with Gasteiger partial charge < -0.3 is 5.32 Å².